The molecule has 11 heteroatoms. The van der Waals surface area contributed by atoms with Gasteiger partial charge in [-0.25, -0.2) is 9.49 Å². The zero-order chi connectivity index (χ0) is 25.2. The van der Waals surface area contributed by atoms with Crippen LogP contribution in [0.1, 0.15) is 22.6 Å². The van der Waals surface area contributed by atoms with E-state index in [1.807, 2.05) is 30.3 Å². The minimum absolute atomic E-state index is 0.0328. The molecular weight excluding hydrogens is 479 g/mol. The number of hydrogen-bond donors (Lipinski definition) is 3. The molecule has 2 atom stereocenters. The van der Waals surface area contributed by atoms with Crippen molar-refractivity contribution in [3.05, 3.63) is 71.0 Å². The number of nitrogens with zero attached hydrogens (tertiary/aromatic N) is 2. The molecule has 3 N–H and O–H groups in total. The second-order valence-corrected chi connectivity index (χ2v) is 8.17. The molecule has 0 bridgehead atoms. The molecule has 0 aliphatic heterocycles. The van der Waals surface area contributed by atoms with Crippen LogP contribution in [0, 0.1) is 11.7 Å². The van der Waals surface area contributed by atoms with Crippen molar-refractivity contribution in [3.63, 3.8) is 0 Å². The number of methoxy groups -OCH3 is 1. The van der Waals surface area contributed by atoms with E-state index in [-0.39, 0.29) is 36.6 Å². The summed E-state index contributed by atoms with van der Waals surface area (Å²) in [6.07, 6.45) is 0.451. The van der Waals surface area contributed by atoms with Gasteiger partial charge >= 0.3 is 5.97 Å². The lowest BCUT2D eigenvalue weighted by Crippen LogP contribution is -2.40. The molecule has 1 aromatic heterocycles. The maximum atomic E-state index is 13.6. The normalized spacial score (nSPS) is 12.7. The molecule has 0 unspecified atom stereocenters. The highest BCUT2D eigenvalue weighted by molar-refractivity contribution is 6.28. The van der Waals surface area contributed by atoms with Crippen LogP contribution in [-0.2, 0) is 20.7 Å². The fraction of sp³-hybridized carbons (Fsp3) is 0.333. The number of halogens is 2. The van der Waals surface area contributed by atoms with Crippen LogP contribution in [0.15, 0.2) is 48.5 Å². The Morgan fingerprint density at radius 1 is 1.17 bits per heavy atom. The van der Waals surface area contributed by atoms with Gasteiger partial charge < -0.3 is 19.9 Å². The first-order valence-corrected chi connectivity index (χ1v) is 11.3. The second kappa shape index (κ2) is 12.9. The van der Waals surface area contributed by atoms with Crippen molar-refractivity contribution in [3.8, 4) is 11.1 Å². The fourth-order valence-electron chi connectivity index (χ4n) is 3.50. The number of benzene rings is 2. The Balaban J connectivity index is 1.75. The number of amides is 1. The molecule has 3 rings (SSSR count). The van der Waals surface area contributed by atoms with Crippen LogP contribution in [0.2, 0.25) is 5.28 Å². The predicted octanol–water partition coefficient (Wildman–Crippen LogP) is 2.79. The number of aliphatic hydroxyl groups is 1. The first-order chi connectivity index (χ1) is 16.9. The lowest BCUT2D eigenvalue weighted by molar-refractivity contribution is -0.151. The summed E-state index contributed by atoms with van der Waals surface area (Å²) in [6, 6.07) is 13.1. The van der Waals surface area contributed by atoms with Crippen molar-refractivity contribution >= 4 is 23.5 Å². The van der Waals surface area contributed by atoms with E-state index >= 15 is 0 Å². The Bertz CT molecular complexity index is 1130. The molecule has 186 valence electrons. The van der Waals surface area contributed by atoms with Crippen LogP contribution in [0.25, 0.3) is 11.1 Å². The Morgan fingerprint density at radius 3 is 2.57 bits per heavy atom. The molecule has 0 aliphatic rings. The summed E-state index contributed by atoms with van der Waals surface area (Å²) in [7, 11) is 1.48. The van der Waals surface area contributed by atoms with E-state index in [9.17, 15) is 19.1 Å². The van der Waals surface area contributed by atoms with E-state index in [4.69, 9.17) is 21.1 Å². The molecule has 2 aromatic carbocycles. The minimum Gasteiger partial charge on any atom is -0.463 e. The van der Waals surface area contributed by atoms with Gasteiger partial charge in [-0.3, -0.25) is 9.59 Å². The third-order valence-electron chi connectivity index (χ3n) is 5.24. The highest BCUT2D eigenvalue weighted by Crippen LogP contribution is 2.22. The van der Waals surface area contributed by atoms with Gasteiger partial charge in [0.1, 0.15) is 12.4 Å². The lowest BCUT2D eigenvalue weighted by Gasteiger charge is -2.22. The molecule has 9 nitrogen and oxygen atoms in total. The van der Waals surface area contributed by atoms with Crippen LogP contribution in [0.5, 0.6) is 0 Å². The van der Waals surface area contributed by atoms with Crippen molar-refractivity contribution in [2.75, 3.05) is 26.9 Å². The quantitative estimate of drug-likeness (QED) is 0.256. The number of H-pyrrole nitrogens is 1. The Morgan fingerprint density at radius 2 is 1.94 bits per heavy atom. The van der Waals surface area contributed by atoms with Gasteiger partial charge in [0.05, 0.1) is 19.1 Å². The third-order valence-corrected chi connectivity index (χ3v) is 5.41. The number of ether oxygens (including phenoxy) is 2. The van der Waals surface area contributed by atoms with E-state index < -0.39 is 30.4 Å². The molecule has 1 amide bonds. The summed E-state index contributed by atoms with van der Waals surface area (Å²) in [5.74, 6) is -2.51. The summed E-state index contributed by atoms with van der Waals surface area (Å²) in [4.78, 5) is 28.8. The zero-order valence-electron chi connectivity index (χ0n) is 19.0. The van der Waals surface area contributed by atoms with Crippen LogP contribution >= 0.6 is 11.6 Å². The van der Waals surface area contributed by atoms with Crippen molar-refractivity contribution in [2.45, 2.75) is 18.9 Å². The van der Waals surface area contributed by atoms with Gasteiger partial charge in [0.15, 0.2) is 0 Å². The van der Waals surface area contributed by atoms with Crippen LogP contribution in [0.4, 0.5) is 4.39 Å². The molecule has 0 spiro atoms. The van der Waals surface area contributed by atoms with Gasteiger partial charge in [-0.15, -0.1) is 5.10 Å². The van der Waals surface area contributed by atoms with Crippen LogP contribution in [0.3, 0.4) is 0 Å². The number of aromatic nitrogens is 3. The standard InChI is InChI=1S/C24H26ClFN4O5/c1-34-9-10-35-23(33)18(14-31)13-20(27-22(32)21-28-24(25)30-29-21)11-15-5-7-16(8-6-15)17-3-2-4-19(26)12-17/h2-8,12,18,20,31H,9-11,13-14H2,1H3,(H,27,32)(H,28,29,30)/t18-,20+/m0/s1. The molecule has 0 saturated carbocycles. The predicted molar refractivity (Wildman–Crippen MR) is 126 cm³/mol. The number of rotatable bonds is 12. The van der Waals surface area contributed by atoms with E-state index in [0.717, 1.165) is 16.7 Å². The molecule has 0 aliphatic carbocycles. The maximum absolute atomic E-state index is 13.6. The first-order valence-electron chi connectivity index (χ1n) is 10.9. The van der Waals surface area contributed by atoms with E-state index in [0.29, 0.717) is 6.42 Å². The topological polar surface area (TPSA) is 126 Å². The number of aromatic amines is 1. The van der Waals surface area contributed by atoms with E-state index in [2.05, 4.69) is 20.5 Å². The summed E-state index contributed by atoms with van der Waals surface area (Å²) < 4.78 is 23.6. The first kappa shape index (κ1) is 26.3. The second-order valence-electron chi connectivity index (χ2n) is 7.81. The number of nitrogens with one attached hydrogen (secondary N) is 2. The van der Waals surface area contributed by atoms with E-state index in [1.165, 1.54) is 19.2 Å². The fourth-order valence-corrected chi connectivity index (χ4v) is 3.63. The smallest absolute Gasteiger partial charge is 0.311 e. The Labute approximate surface area is 206 Å². The summed E-state index contributed by atoms with van der Waals surface area (Å²) >= 11 is 5.72. The molecule has 35 heavy (non-hydrogen) atoms. The van der Waals surface area contributed by atoms with Gasteiger partial charge in [-0.2, -0.15) is 4.98 Å². The molecule has 0 fully saturated rings. The van der Waals surface area contributed by atoms with Crippen molar-refractivity contribution < 1.29 is 28.6 Å². The van der Waals surface area contributed by atoms with Crippen molar-refractivity contribution in [1.82, 2.24) is 20.5 Å². The summed E-state index contributed by atoms with van der Waals surface area (Å²) in [6.45, 7) is -0.170. The number of esters is 1. The molecule has 3 aromatic rings. The Kier molecular flexibility index (Phi) is 9.71. The van der Waals surface area contributed by atoms with Crippen molar-refractivity contribution in [2.24, 2.45) is 5.92 Å². The van der Waals surface area contributed by atoms with Gasteiger partial charge in [-0.1, -0.05) is 36.4 Å². The number of hydrogen-bond acceptors (Lipinski definition) is 7. The molecule has 1 heterocycles. The SMILES string of the molecule is COCCOC(=O)[C@H](CO)C[C@@H](Cc1ccc(-c2cccc(F)c2)cc1)NC(=O)c1n[nH]c(Cl)n1. The van der Waals surface area contributed by atoms with Crippen LogP contribution in [-0.4, -0.2) is 65.1 Å². The largest absolute Gasteiger partial charge is 0.463 e. The number of carbonyl (C=O) groups is 2. The minimum atomic E-state index is -0.862. The number of aliphatic hydroxyl groups excluding tert-OH is 1. The number of carbonyl (C=O) groups excluding carboxylic acids is 2. The maximum Gasteiger partial charge on any atom is 0.311 e. The van der Waals surface area contributed by atoms with Gasteiger partial charge in [0.25, 0.3) is 5.91 Å². The Hall–Kier alpha value is -3.34. The monoisotopic (exact) mass is 504 g/mol. The molecule has 0 radical (unpaired) electrons. The molecule has 0 saturated heterocycles. The zero-order valence-corrected chi connectivity index (χ0v) is 19.8. The van der Waals surface area contributed by atoms with Gasteiger partial charge in [0, 0.05) is 13.2 Å². The van der Waals surface area contributed by atoms with E-state index in [1.54, 1.807) is 6.07 Å². The third kappa shape index (κ3) is 7.84. The summed E-state index contributed by atoms with van der Waals surface area (Å²) in [5.41, 5.74) is 2.43. The van der Waals surface area contributed by atoms with Crippen molar-refractivity contribution in [1.29, 1.82) is 0 Å². The van der Waals surface area contributed by atoms with Gasteiger partial charge in [0.2, 0.25) is 11.1 Å². The highest BCUT2D eigenvalue weighted by Gasteiger charge is 2.26. The molecular formula is C24H26ClFN4O5. The average molecular weight is 505 g/mol. The van der Waals surface area contributed by atoms with Crippen LogP contribution < -0.4 is 5.32 Å². The average Bonchev–Trinajstić information content (AvgIpc) is 3.29. The highest BCUT2D eigenvalue weighted by atomic mass is 35.5. The summed E-state index contributed by atoms with van der Waals surface area (Å²) in [5, 5.41) is 18.7. The van der Waals surface area contributed by atoms with Gasteiger partial charge in [-0.05, 0) is 53.3 Å². The lowest BCUT2D eigenvalue weighted by atomic mass is 9.94.